The molecule has 0 saturated heterocycles. The van der Waals surface area contributed by atoms with Crippen LogP contribution in [0.3, 0.4) is 0 Å². The Labute approximate surface area is 130 Å². The quantitative estimate of drug-likeness (QED) is 0.773. The first-order valence-corrected chi connectivity index (χ1v) is 7.44. The summed E-state index contributed by atoms with van der Waals surface area (Å²) in [6.07, 6.45) is 3.81. The van der Waals surface area contributed by atoms with Gasteiger partial charge in [0.15, 0.2) is 5.13 Å². The zero-order chi connectivity index (χ0) is 15.7. The van der Waals surface area contributed by atoms with E-state index in [1.807, 2.05) is 29.1 Å². The molecule has 0 fully saturated rings. The summed E-state index contributed by atoms with van der Waals surface area (Å²) in [5, 5.41) is 12.1. The van der Waals surface area contributed by atoms with E-state index in [-0.39, 0.29) is 0 Å². The highest BCUT2D eigenvalue weighted by atomic mass is 32.1. The molecule has 0 saturated carbocycles. The molecule has 0 unspecified atom stereocenters. The zero-order valence-electron chi connectivity index (χ0n) is 11.7. The van der Waals surface area contributed by atoms with Crippen LogP contribution in [0.25, 0.3) is 15.3 Å². The number of hydrogen-bond donors (Lipinski definition) is 2. The molecule has 1 atom stereocenters. The summed E-state index contributed by atoms with van der Waals surface area (Å²) in [7, 11) is 0. The van der Waals surface area contributed by atoms with Crippen molar-refractivity contribution in [3.8, 4) is 5.13 Å². The smallest absolute Gasteiger partial charge is 0.325 e. The van der Waals surface area contributed by atoms with Gasteiger partial charge in [-0.15, -0.1) is 0 Å². The average molecular weight is 315 g/mol. The first-order chi connectivity index (χ1) is 10.5. The second-order valence-corrected chi connectivity index (χ2v) is 5.81. The molecule has 0 aliphatic carbocycles. The van der Waals surface area contributed by atoms with Gasteiger partial charge in [0.25, 0.3) is 5.91 Å². The number of carbonyl (C=O) groups excluding carboxylic acids is 1. The van der Waals surface area contributed by atoms with Gasteiger partial charge in [-0.25, -0.2) is 4.98 Å². The van der Waals surface area contributed by atoms with Crippen LogP contribution in [0.5, 0.6) is 0 Å². The molecule has 3 aromatic rings. The van der Waals surface area contributed by atoms with Crippen molar-refractivity contribution in [1.29, 1.82) is 0 Å². The van der Waals surface area contributed by atoms with Gasteiger partial charge in [-0.05, 0) is 37.3 Å². The molecule has 1 amide bonds. The van der Waals surface area contributed by atoms with Crippen LogP contribution in [0.15, 0.2) is 42.7 Å². The Kier molecular flexibility index (Phi) is 3.64. The van der Waals surface area contributed by atoms with Crippen LogP contribution < -0.4 is 5.32 Å². The highest BCUT2D eigenvalue weighted by Crippen LogP contribution is 2.26. The van der Waals surface area contributed by atoms with Gasteiger partial charge in [0.1, 0.15) is 6.04 Å². The minimum Gasteiger partial charge on any atom is -0.480 e. The molecule has 0 bridgehead atoms. The molecule has 2 heterocycles. The van der Waals surface area contributed by atoms with E-state index in [9.17, 15) is 9.59 Å². The van der Waals surface area contributed by atoms with E-state index in [2.05, 4.69) is 10.3 Å². The molecule has 2 aromatic heterocycles. The first-order valence-electron chi connectivity index (χ1n) is 6.62. The fourth-order valence-electron chi connectivity index (χ4n) is 1.97. The normalized spacial score (nSPS) is 12.2. The molecule has 6 nitrogen and oxygen atoms in total. The number of nitrogens with zero attached hydrogens (tertiary/aromatic N) is 2. The molecule has 3 rings (SSSR count). The first kappa shape index (κ1) is 14.3. The lowest BCUT2D eigenvalue weighted by molar-refractivity contribution is -0.138. The van der Waals surface area contributed by atoms with E-state index < -0.39 is 17.9 Å². The maximum Gasteiger partial charge on any atom is 0.325 e. The van der Waals surface area contributed by atoms with Gasteiger partial charge in [-0.1, -0.05) is 11.3 Å². The Bertz CT molecular complexity index is 839. The lowest BCUT2D eigenvalue weighted by Gasteiger charge is -2.08. The van der Waals surface area contributed by atoms with E-state index in [0.29, 0.717) is 5.56 Å². The number of hydrogen-bond acceptors (Lipinski definition) is 4. The number of amides is 1. The van der Waals surface area contributed by atoms with Crippen LogP contribution in [-0.4, -0.2) is 32.6 Å². The van der Waals surface area contributed by atoms with Gasteiger partial charge in [0.2, 0.25) is 0 Å². The number of carbonyl (C=O) groups is 2. The van der Waals surface area contributed by atoms with Crippen molar-refractivity contribution in [1.82, 2.24) is 14.9 Å². The Morgan fingerprint density at radius 1 is 1.32 bits per heavy atom. The average Bonchev–Trinajstić information content (AvgIpc) is 3.14. The van der Waals surface area contributed by atoms with Crippen molar-refractivity contribution in [2.75, 3.05) is 0 Å². The summed E-state index contributed by atoms with van der Waals surface area (Å²) in [6.45, 7) is 1.43. The third kappa shape index (κ3) is 2.71. The fourth-order valence-corrected chi connectivity index (χ4v) is 2.94. The van der Waals surface area contributed by atoms with Gasteiger partial charge in [-0.3, -0.25) is 9.59 Å². The Morgan fingerprint density at radius 3 is 2.73 bits per heavy atom. The molecule has 2 N–H and O–H groups in total. The number of carboxylic acid groups (broad SMARTS) is 1. The van der Waals surface area contributed by atoms with Crippen LogP contribution in [0.4, 0.5) is 0 Å². The van der Waals surface area contributed by atoms with Crippen LogP contribution in [-0.2, 0) is 4.79 Å². The highest BCUT2D eigenvalue weighted by molar-refractivity contribution is 7.20. The molecular weight excluding hydrogens is 302 g/mol. The SMILES string of the molecule is C[C@@H](NC(=O)c1ccc2nc(-n3cccc3)sc2c1)C(=O)O. The summed E-state index contributed by atoms with van der Waals surface area (Å²) in [5.74, 6) is -1.48. The van der Waals surface area contributed by atoms with Crippen LogP contribution >= 0.6 is 11.3 Å². The van der Waals surface area contributed by atoms with Gasteiger partial charge in [0.05, 0.1) is 10.2 Å². The molecule has 22 heavy (non-hydrogen) atoms. The molecule has 0 aliphatic heterocycles. The molecule has 0 radical (unpaired) electrons. The zero-order valence-corrected chi connectivity index (χ0v) is 12.5. The number of rotatable bonds is 4. The second kappa shape index (κ2) is 5.61. The molecule has 112 valence electrons. The third-order valence-corrected chi connectivity index (χ3v) is 4.21. The third-order valence-electron chi connectivity index (χ3n) is 3.18. The maximum absolute atomic E-state index is 12.0. The lowest BCUT2D eigenvalue weighted by Crippen LogP contribution is -2.38. The van der Waals surface area contributed by atoms with Crippen molar-refractivity contribution < 1.29 is 14.7 Å². The number of fused-ring (bicyclic) bond motifs is 1. The largest absolute Gasteiger partial charge is 0.480 e. The van der Waals surface area contributed by atoms with Gasteiger partial charge in [-0.2, -0.15) is 0 Å². The van der Waals surface area contributed by atoms with E-state index in [1.165, 1.54) is 18.3 Å². The van der Waals surface area contributed by atoms with E-state index >= 15 is 0 Å². The second-order valence-electron chi connectivity index (χ2n) is 4.80. The Morgan fingerprint density at radius 2 is 2.05 bits per heavy atom. The van der Waals surface area contributed by atoms with Gasteiger partial charge < -0.3 is 15.0 Å². The maximum atomic E-state index is 12.0. The lowest BCUT2D eigenvalue weighted by atomic mass is 10.2. The number of thiazole rings is 1. The molecule has 1 aromatic carbocycles. The predicted octanol–water partition coefficient (Wildman–Crippen LogP) is 2.29. The Balaban J connectivity index is 1.89. The number of aromatic nitrogens is 2. The van der Waals surface area contributed by atoms with Crippen molar-refractivity contribution in [3.63, 3.8) is 0 Å². The minimum atomic E-state index is -1.07. The predicted molar refractivity (Wildman–Crippen MR) is 83.5 cm³/mol. The summed E-state index contributed by atoms with van der Waals surface area (Å²) in [6, 6.07) is 8.03. The van der Waals surface area contributed by atoms with Crippen molar-refractivity contribution >= 4 is 33.4 Å². The minimum absolute atomic E-state index is 0.410. The van der Waals surface area contributed by atoms with Crippen molar-refractivity contribution in [2.24, 2.45) is 0 Å². The molecule has 0 aliphatic rings. The summed E-state index contributed by atoms with van der Waals surface area (Å²) in [5.41, 5.74) is 1.22. The topological polar surface area (TPSA) is 84.2 Å². The van der Waals surface area contributed by atoms with Crippen molar-refractivity contribution in [3.05, 3.63) is 48.3 Å². The number of carboxylic acids is 1. The summed E-state index contributed by atoms with van der Waals surface area (Å²) in [4.78, 5) is 27.3. The molecular formula is C15H13N3O3S. The van der Waals surface area contributed by atoms with Crippen LogP contribution in [0.1, 0.15) is 17.3 Å². The summed E-state index contributed by atoms with van der Waals surface area (Å²) < 4.78 is 2.77. The van der Waals surface area contributed by atoms with Crippen molar-refractivity contribution in [2.45, 2.75) is 13.0 Å². The number of nitrogens with one attached hydrogen (secondary N) is 1. The summed E-state index contributed by atoms with van der Waals surface area (Å²) >= 11 is 1.47. The number of benzene rings is 1. The standard InChI is InChI=1S/C15H13N3O3S/c1-9(14(20)21)16-13(19)10-4-5-11-12(8-10)22-15(17-11)18-6-2-3-7-18/h2-9H,1H3,(H,16,19)(H,20,21)/t9-/m1/s1. The van der Waals surface area contributed by atoms with E-state index in [1.54, 1.807) is 18.2 Å². The fraction of sp³-hybridized carbons (Fsp3) is 0.133. The molecule has 0 spiro atoms. The Hall–Kier alpha value is -2.67. The van der Waals surface area contributed by atoms with Gasteiger partial charge >= 0.3 is 5.97 Å². The monoisotopic (exact) mass is 315 g/mol. The van der Waals surface area contributed by atoms with E-state index in [4.69, 9.17) is 5.11 Å². The molecule has 7 heteroatoms. The highest BCUT2D eigenvalue weighted by Gasteiger charge is 2.16. The van der Waals surface area contributed by atoms with Crippen LogP contribution in [0.2, 0.25) is 0 Å². The van der Waals surface area contributed by atoms with Gasteiger partial charge in [0, 0.05) is 18.0 Å². The van der Waals surface area contributed by atoms with E-state index in [0.717, 1.165) is 15.3 Å². The van der Waals surface area contributed by atoms with Crippen LogP contribution in [0, 0.1) is 0 Å². The number of aliphatic carboxylic acids is 1.